The van der Waals surface area contributed by atoms with E-state index in [0.717, 1.165) is 11.3 Å². The van der Waals surface area contributed by atoms with Crippen LogP contribution < -0.4 is 5.43 Å². The summed E-state index contributed by atoms with van der Waals surface area (Å²) >= 11 is 17.3. The summed E-state index contributed by atoms with van der Waals surface area (Å²) in [7, 11) is 0. The molecule has 0 aliphatic carbocycles. The molecule has 106 valence electrons. The lowest BCUT2D eigenvalue weighted by Gasteiger charge is -2.10. The lowest BCUT2D eigenvalue weighted by atomic mass is 10.2. The number of halogens is 2. The summed E-state index contributed by atoms with van der Waals surface area (Å²) in [6, 6.07) is 15.0. The molecule has 3 rings (SSSR count). The molecule has 0 aliphatic rings. The van der Waals surface area contributed by atoms with Gasteiger partial charge in [-0.15, -0.1) is 0 Å². The number of anilines is 1. The average molecular weight is 337 g/mol. The molecule has 0 aliphatic heterocycles. The smallest absolute Gasteiger partial charge is 0.214 e. The minimum Gasteiger partial charge on any atom is -0.290 e. The molecule has 0 amide bonds. The van der Waals surface area contributed by atoms with Crippen LogP contribution >= 0.6 is 35.4 Å². The second-order valence-electron chi connectivity index (χ2n) is 4.29. The molecule has 2 aromatic carbocycles. The van der Waals surface area contributed by atoms with Gasteiger partial charge in [-0.1, -0.05) is 41.4 Å². The fourth-order valence-corrected chi connectivity index (χ4v) is 2.35. The Hall–Kier alpha value is -1.82. The van der Waals surface area contributed by atoms with Gasteiger partial charge in [0.25, 0.3) is 0 Å². The third-order valence-electron chi connectivity index (χ3n) is 2.86. The van der Waals surface area contributed by atoms with Crippen molar-refractivity contribution in [2.24, 2.45) is 0 Å². The molecule has 0 radical (unpaired) electrons. The largest absolute Gasteiger partial charge is 0.290 e. The van der Waals surface area contributed by atoms with E-state index in [9.17, 15) is 0 Å². The van der Waals surface area contributed by atoms with E-state index in [2.05, 4.69) is 15.6 Å². The van der Waals surface area contributed by atoms with Crippen molar-refractivity contribution in [3.63, 3.8) is 0 Å². The minimum atomic E-state index is 0.458. The van der Waals surface area contributed by atoms with Crippen molar-refractivity contribution in [1.82, 2.24) is 14.9 Å². The van der Waals surface area contributed by atoms with Crippen LogP contribution in [0.1, 0.15) is 0 Å². The first kappa shape index (κ1) is 14.1. The van der Waals surface area contributed by atoms with Crippen LogP contribution in [-0.4, -0.2) is 14.9 Å². The summed E-state index contributed by atoms with van der Waals surface area (Å²) in [6.07, 6.45) is 0. The standard InChI is InChI=1S/C14H10Cl2N4S/c15-11-7-6-9(8-12(11)16)13-17-18-14(21)20(13)19-10-4-2-1-3-5-10/h1-8,19H,(H,18,21). The molecule has 0 saturated carbocycles. The summed E-state index contributed by atoms with van der Waals surface area (Å²) in [4.78, 5) is 0. The van der Waals surface area contributed by atoms with Gasteiger partial charge in [-0.05, 0) is 42.5 Å². The van der Waals surface area contributed by atoms with Gasteiger partial charge in [-0.2, -0.15) is 5.10 Å². The van der Waals surface area contributed by atoms with Gasteiger partial charge in [0.15, 0.2) is 5.82 Å². The zero-order valence-electron chi connectivity index (χ0n) is 10.7. The number of hydrogen-bond acceptors (Lipinski definition) is 3. The van der Waals surface area contributed by atoms with Crippen molar-refractivity contribution < 1.29 is 0 Å². The number of nitrogens with one attached hydrogen (secondary N) is 2. The molecule has 0 unspecified atom stereocenters. The number of hydrogen-bond donors (Lipinski definition) is 2. The molecule has 0 saturated heterocycles. The molecule has 21 heavy (non-hydrogen) atoms. The Morgan fingerprint density at radius 3 is 2.52 bits per heavy atom. The number of rotatable bonds is 3. The van der Waals surface area contributed by atoms with Crippen molar-refractivity contribution in [2.45, 2.75) is 0 Å². The van der Waals surface area contributed by atoms with Crippen LogP contribution in [0.15, 0.2) is 48.5 Å². The highest BCUT2D eigenvalue weighted by Gasteiger charge is 2.10. The fourth-order valence-electron chi connectivity index (χ4n) is 1.87. The Labute approximate surface area is 136 Å². The monoisotopic (exact) mass is 336 g/mol. The van der Waals surface area contributed by atoms with Crippen LogP contribution in [-0.2, 0) is 0 Å². The summed E-state index contributed by atoms with van der Waals surface area (Å²) in [5, 5.41) is 7.97. The molecule has 0 spiro atoms. The Morgan fingerprint density at radius 1 is 1.05 bits per heavy atom. The number of benzene rings is 2. The van der Waals surface area contributed by atoms with E-state index < -0.39 is 0 Å². The number of para-hydroxylation sites is 1. The van der Waals surface area contributed by atoms with Gasteiger partial charge in [0.05, 0.1) is 15.7 Å². The molecule has 0 atom stereocenters. The molecule has 1 aromatic heterocycles. The zero-order chi connectivity index (χ0) is 14.8. The molecule has 3 aromatic rings. The van der Waals surface area contributed by atoms with E-state index in [4.69, 9.17) is 35.4 Å². The van der Waals surface area contributed by atoms with Gasteiger partial charge in [-0.25, -0.2) is 9.77 Å². The lowest BCUT2D eigenvalue weighted by Crippen LogP contribution is -2.10. The van der Waals surface area contributed by atoms with Crippen molar-refractivity contribution in [3.05, 3.63) is 63.3 Å². The molecule has 0 fully saturated rings. The molecular formula is C14H10Cl2N4S. The van der Waals surface area contributed by atoms with Crippen molar-refractivity contribution >= 4 is 41.1 Å². The maximum absolute atomic E-state index is 6.06. The SMILES string of the molecule is S=c1[nH]nc(-c2ccc(Cl)c(Cl)c2)n1Nc1ccccc1. The number of H-pyrrole nitrogens is 1. The number of aromatic nitrogens is 3. The average Bonchev–Trinajstić information content (AvgIpc) is 2.85. The van der Waals surface area contributed by atoms with Gasteiger partial charge in [0.1, 0.15) is 0 Å². The maximum atomic E-state index is 6.06. The topological polar surface area (TPSA) is 45.6 Å². The highest BCUT2D eigenvalue weighted by molar-refractivity contribution is 7.71. The number of nitrogens with zero attached hydrogens (tertiary/aromatic N) is 2. The van der Waals surface area contributed by atoms with Crippen molar-refractivity contribution in [2.75, 3.05) is 5.43 Å². The fraction of sp³-hybridized carbons (Fsp3) is 0. The first-order chi connectivity index (χ1) is 10.1. The molecule has 2 N–H and O–H groups in total. The van der Waals surface area contributed by atoms with E-state index in [0.29, 0.717) is 20.6 Å². The summed E-state index contributed by atoms with van der Waals surface area (Å²) in [6.45, 7) is 0. The van der Waals surface area contributed by atoms with E-state index in [1.54, 1.807) is 16.8 Å². The third-order valence-corrected chi connectivity index (χ3v) is 3.88. The van der Waals surface area contributed by atoms with Crippen LogP contribution in [0.5, 0.6) is 0 Å². The number of aromatic amines is 1. The van der Waals surface area contributed by atoms with E-state index in [-0.39, 0.29) is 0 Å². The zero-order valence-corrected chi connectivity index (χ0v) is 13.0. The van der Waals surface area contributed by atoms with Gasteiger partial charge in [0, 0.05) is 5.56 Å². The van der Waals surface area contributed by atoms with E-state index in [1.807, 2.05) is 36.4 Å². The van der Waals surface area contributed by atoms with Gasteiger partial charge >= 0.3 is 0 Å². The Bertz CT molecular complexity index is 826. The van der Waals surface area contributed by atoms with Crippen LogP contribution in [0, 0.1) is 4.77 Å². The van der Waals surface area contributed by atoms with Crippen LogP contribution in [0.25, 0.3) is 11.4 Å². The summed E-state index contributed by atoms with van der Waals surface area (Å²) in [5.41, 5.74) is 4.90. The second-order valence-corrected chi connectivity index (χ2v) is 5.50. The van der Waals surface area contributed by atoms with Crippen molar-refractivity contribution in [1.29, 1.82) is 0 Å². The predicted molar refractivity (Wildman–Crippen MR) is 88.3 cm³/mol. The predicted octanol–water partition coefficient (Wildman–Crippen LogP) is 4.79. The molecule has 4 nitrogen and oxygen atoms in total. The van der Waals surface area contributed by atoms with Gasteiger partial charge < -0.3 is 0 Å². The Kier molecular flexibility index (Phi) is 3.96. The van der Waals surface area contributed by atoms with E-state index in [1.165, 1.54) is 0 Å². The molecule has 7 heteroatoms. The van der Waals surface area contributed by atoms with Crippen LogP contribution in [0.4, 0.5) is 5.69 Å². The van der Waals surface area contributed by atoms with Gasteiger partial charge in [0.2, 0.25) is 4.77 Å². The van der Waals surface area contributed by atoms with Crippen LogP contribution in [0.2, 0.25) is 10.0 Å². The molecular weight excluding hydrogens is 327 g/mol. The highest BCUT2D eigenvalue weighted by Crippen LogP contribution is 2.27. The normalized spacial score (nSPS) is 10.6. The Balaban J connectivity index is 2.04. The first-order valence-electron chi connectivity index (χ1n) is 6.10. The second kappa shape index (κ2) is 5.89. The maximum Gasteiger partial charge on any atom is 0.214 e. The van der Waals surface area contributed by atoms with Crippen LogP contribution in [0.3, 0.4) is 0 Å². The molecule has 0 bridgehead atoms. The Morgan fingerprint density at radius 2 is 1.81 bits per heavy atom. The molecule has 1 heterocycles. The summed E-state index contributed by atoms with van der Waals surface area (Å²) < 4.78 is 2.14. The first-order valence-corrected chi connectivity index (χ1v) is 7.26. The summed E-state index contributed by atoms with van der Waals surface area (Å²) in [5.74, 6) is 0.627. The lowest BCUT2D eigenvalue weighted by molar-refractivity contribution is 0.942. The quantitative estimate of drug-likeness (QED) is 0.676. The minimum absolute atomic E-state index is 0.458. The highest BCUT2D eigenvalue weighted by atomic mass is 35.5. The van der Waals surface area contributed by atoms with Crippen molar-refractivity contribution in [3.8, 4) is 11.4 Å². The van der Waals surface area contributed by atoms with Gasteiger partial charge in [-0.3, -0.25) is 5.43 Å². The van der Waals surface area contributed by atoms with E-state index >= 15 is 0 Å². The third kappa shape index (κ3) is 2.95.